The van der Waals surface area contributed by atoms with Crippen molar-refractivity contribution in [2.45, 2.75) is 0 Å². The lowest BCUT2D eigenvalue weighted by Gasteiger charge is -2.07. The molecule has 0 aliphatic carbocycles. The third kappa shape index (κ3) is 2.42. The highest BCUT2D eigenvalue weighted by Gasteiger charge is 2.12. The molecule has 1 heterocycles. The molecule has 6 heteroatoms. The van der Waals surface area contributed by atoms with E-state index < -0.39 is 17.7 Å². The zero-order valence-electron chi connectivity index (χ0n) is 9.15. The Kier molecular flexibility index (Phi) is 3.18. The van der Waals surface area contributed by atoms with Gasteiger partial charge in [0.25, 0.3) is 5.91 Å². The quantitative estimate of drug-likeness (QED) is 0.633. The van der Waals surface area contributed by atoms with E-state index in [1.54, 1.807) is 0 Å². The van der Waals surface area contributed by atoms with E-state index in [0.717, 1.165) is 18.3 Å². The largest absolute Gasteiger partial charge is 0.396 e. The minimum absolute atomic E-state index is 0.0133. The number of rotatable bonds is 2. The van der Waals surface area contributed by atoms with Gasteiger partial charge in [-0.15, -0.1) is 0 Å². The first-order chi connectivity index (χ1) is 8.58. The van der Waals surface area contributed by atoms with E-state index in [9.17, 15) is 13.6 Å². The van der Waals surface area contributed by atoms with E-state index in [1.807, 2.05) is 0 Å². The van der Waals surface area contributed by atoms with Crippen molar-refractivity contribution in [1.29, 1.82) is 0 Å². The first kappa shape index (κ1) is 12.0. The van der Waals surface area contributed by atoms with Crippen molar-refractivity contribution in [3.05, 3.63) is 53.9 Å². The van der Waals surface area contributed by atoms with Crippen LogP contribution >= 0.6 is 0 Å². The number of para-hydroxylation sites is 1. The number of carbonyl (C=O) groups excluding carboxylic acids is 1. The molecule has 3 N–H and O–H groups in total. The lowest BCUT2D eigenvalue weighted by molar-refractivity contribution is 0.102. The first-order valence-electron chi connectivity index (χ1n) is 5.05. The van der Waals surface area contributed by atoms with Gasteiger partial charge in [-0.05, 0) is 24.3 Å². The van der Waals surface area contributed by atoms with E-state index in [1.165, 1.54) is 18.2 Å². The number of carbonyl (C=O) groups is 1. The number of aromatic nitrogens is 1. The molecule has 2 rings (SSSR count). The second-order valence-electron chi connectivity index (χ2n) is 3.52. The van der Waals surface area contributed by atoms with Gasteiger partial charge in [-0.3, -0.25) is 4.79 Å². The van der Waals surface area contributed by atoms with Crippen LogP contribution in [0.1, 0.15) is 10.4 Å². The molecule has 0 aliphatic heterocycles. The van der Waals surface area contributed by atoms with Crippen LogP contribution in [0.15, 0.2) is 36.5 Å². The van der Waals surface area contributed by atoms with Crippen molar-refractivity contribution >= 4 is 17.3 Å². The summed E-state index contributed by atoms with van der Waals surface area (Å²) in [6.45, 7) is 0. The van der Waals surface area contributed by atoms with Gasteiger partial charge < -0.3 is 11.1 Å². The van der Waals surface area contributed by atoms with Crippen molar-refractivity contribution in [3.8, 4) is 0 Å². The number of hydrogen-bond acceptors (Lipinski definition) is 3. The van der Waals surface area contributed by atoms with Crippen molar-refractivity contribution in [3.63, 3.8) is 0 Å². The van der Waals surface area contributed by atoms with Gasteiger partial charge in [-0.2, -0.15) is 4.39 Å². The van der Waals surface area contributed by atoms with Gasteiger partial charge in [-0.1, -0.05) is 6.07 Å². The smallest absolute Gasteiger partial charge is 0.257 e. The summed E-state index contributed by atoms with van der Waals surface area (Å²) in [5.41, 5.74) is 5.53. The standard InChI is InChI=1S/C12H9F2N3O/c13-9-3-1-2-8(11(9)15)12(18)17-7-4-5-10(14)16-6-7/h1-6H,15H2,(H,17,18). The summed E-state index contributed by atoms with van der Waals surface area (Å²) in [5.74, 6) is -1.90. The van der Waals surface area contributed by atoms with Crippen molar-refractivity contribution in [2.24, 2.45) is 0 Å². The summed E-state index contributed by atoms with van der Waals surface area (Å²) < 4.78 is 25.7. The summed E-state index contributed by atoms with van der Waals surface area (Å²) in [6, 6.07) is 6.38. The molecule has 0 bridgehead atoms. The second kappa shape index (κ2) is 4.79. The fourth-order valence-electron chi connectivity index (χ4n) is 1.38. The molecule has 1 aromatic carbocycles. The number of pyridine rings is 1. The summed E-state index contributed by atoms with van der Waals surface area (Å²) in [6.07, 6.45) is 1.16. The Hall–Kier alpha value is -2.50. The van der Waals surface area contributed by atoms with E-state index in [2.05, 4.69) is 10.3 Å². The molecule has 18 heavy (non-hydrogen) atoms. The molecule has 4 nitrogen and oxygen atoms in total. The molecule has 0 unspecified atom stereocenters. The number of nitrogens with zero attached hydrogens (tertiary/aromatic N) is 1. The molecule has 0 saturated heterocycles. The van der Waals surface area contributed by atoms with Gasteiger partial charge >= 0.3 is 0 Å². The van der Waals surface area contributed by atoms with Gasteiger partial charge in [-0.25, -0.2) is 9.37 Å². The second-order valence-corrected chi connectivity index (χ2v) is 3.52. The molecular formula is C12H9F2N3O. The number of nitrogen functional groups attached to an aromatic ring is 1. The average molecular weight is 249 g/mol. The molecular weight excluding hydrogens is 240 g/mol. The van der Waals surface area contributed by atoms with Crippen LogP contribution in [-0.2, 0) is 0 Å². The van der Waals surface area contributed by atoms with E-state index >= 15 is 0 Å². The van der Waals surface area contributed by atoms with Gasteiger partial charge in [0.2, 0.25) is 5.95 Å². The lowest BCUT2D eigenvalue weighted by Crippen LogP contribution is -2.15. The molecule has 0 atom stereocenters. The van der Waals surface area contributed by atoms with Gasteiger partial charge in [0.1, 0.15) is 5.82 Å². The number of nitrogens with one attached hydrogen (secondary N) is 1. The minimum atomic E-state index is -0.667. The third-order valence-electron chi connectivity index (χ3n) is 2.28. The van der Waals surface area contributed by atoms with Crippen LogP contribution in [0, 0.1) is 11.8 Å². The Bertz CT molecular complexity index is 584. The van der Waals surface area contributed by atoms with Crippen LogP contribution in [-0.4, -0.2) is 10.9 Å². The van der Waals surface area contributed by atoms with Crippen LogP contribution in [0.4, 0.5) is 20.2 Å². The fourth-order valence-corrected chi connectivity index (χ4v) is 1.38. The molecule has 1 amide bonds. The zero-order valence-corrected chi connectivity index (χ0v) is 9.15. The Morgan fingerprint density at radius 3 is 2.67 bits per heavy atom. The fraction of sp³-hybridized carbons (Fsp3) is 0. The van der Waals surface area contributed by atoms with E-state index in [0.29, 0.717) is 5.69 Å². The number of hydrogen-bond donors (Lipinski definition) is 2. The molecule has 92 valence electrons. The highest BCUT2D eigenvalue weighted by Crippen LogP contribution is 2.17. The topological polar surface area (TPSA) is 68.0 Å². The summed E-state index contributed by atoms with van der Waals surface area (Å²) in [4.78, 5) is 15.2. The summed E-state index contributed by atoms with van der Waals surface area (Å²) in [5, 5.41) is 2.44. The average Bonchev–Trinajstić information content (AvgIpc) is 2.35. The Balaban J connectivity index is 2.22. The molecule has 0 fully saturated rings. The predicted octanol–water partition coefficient (Wildman–Crippen LogP) is 2.19. The van der Waals surface area contributed by atoms with Crippen molar-refractivity contribution in [1.82, 2.24) is 4.98 Å². The van der Waals surface area contributed by atoms with E-state index in [-0.39, 0.29) is 11.3 Å². The lowest BCUT2D eigenvalue weighted by atomic mass is 10.1. The minimum Gasteiger partial charge on any atom is -0.396 e. The maximum Gasteiger partial charge on any atom is 0.257 e. The van der Waals surface area contributed by atoms with Crippen LogP contribution in [0.2, 0.25) is 0 Å². The normalized spacial score (nSPS) is 10.1. The molecule has 2 aromatic rings. The molecule has 0 aliphatic rings. The SMILES string of the molecule is Nc1c(F)cccc1C(=O)Nc1ccc(F)nc1. The first-order valence-corrected chi connectivity index (χ1v) is 5.05. The highest BCUT2D eigenvalue weighted by atomic mass is 19.1. The van der Waals surface area contributed by atoms with E-state index in [4.69, 9.17) is 5.73 Å². The monoisotopic (exact) mass is 249 g/mol. The molecule has 0 radical (unpaired) electrons. The maximum absolute atomic E-state index is 13.2. The van der Waals surface area contributed by atoms with Crippen LogP contribution < -0.4 is 11.1 Å². The van der Waals surface area contributed by atoms with Crippen LogP contribution in [0.3, 0.4) is 0 Å². The number of amides is 1. The number of benzene rings is 1. The van der Waals surface area contributed by atoms with Gasteiger partial charge in [0.05, 0.1) is 23.1 Å². The Labute approximate surface area is 101 Å². The zero-order chi connectivity index (χ0) is 13.1. The Morgan fingerprint density at radius 1 is 1.22 bits per heavy atom. The summed E-state index contributed by atoms with van der Waals surface area (Å²) in [7, 11) is 0. The van der Waals surface area contributed by atoms with Gasteiger partial charge in [0, 0.05) is 0 Å². The van der Waals surface area contributed by atoms with Crippen molar-refractivity contribution < 1.29 is 13.6 Å². The van der Waals surface area contributed by atoms with Crippen LogP contribution in [0.5, 0.6) is 0 Å². The molecule has 0 saturated carbocycles. The molecule has 1 aromatic heterocycles. The molecule has 0 spiro atoms. The maximum atomic E-state index is 13.2. The predicted molar refractivity (Wildman–Crippen MR) is 63.0 cm³/mol. The third-order valence-corrected chi connectivity index (χ3v) is 2.28. The summed E-state index contributed by atoms with van der Waals surface area (Å²) >= 11 is 0. The number of anilines is 2. The number of nitrogens with two attached hydrogens (primary N) is 1. The highest BCUT2D eigenvalue weighted by molar-refractivity contribution is 6.07. The van der Waals surface area contributed by atoms with Gasteiger partial charge in [0.15, 0.2) is 0 Å². The van der Waals surface area contributed by atoms with Crippen LogP contribution in [0.25, 0.3) is 0 Å². The Morgan fingerprint density at radius 2 is 2.00 bits per heavy atom. The van der Waals surface area contributed by atoms with Crippen molar-refractivity contribution in [2.75, 3.05) is 11.1 Å². The number of halogens is 2.